The van der Waals surface area contributed by atoms with Gasteiger partial charge in [-0.2, -0.15) is 0 Å². The summed E-state index contributed by atoms with van der Waals surface area (Å²) in [6.45, 7) is 1.15. The Bertz CT molecular complexity index is 578. The second-order valence-electron chi connectivity index (χ2n) is 6.03. The number of β-lactam (4-membered cyclic amide) rings is 1. The maximum Gasteiger partial charge on any atom is 0.352 e. The highest BCUT2D eigenvalue weighted by Gasteiger charge is 2.51. The Labute approximate surface area is 144 Å². The normalized spacial score (nSPS) is 31.7. The molecule has 0 spiro atoms. The highest BCUT2D eigenvalue weighted by Crippen LogP contribution is 2.39. The van der Waals surface area contributed by atoms with Crippen molar-refractivity contribution in [3.63, 3.8) is 0 Å². The SMILES string of the molecule is CN1CCC[C@H]1CS/C=C/C1=C(C(=O)O)N2C(=O)[C@@H](N)[C@H]2SC1. The lowest BCUT2D eigenvalue weighted by Crippen LogP contribution is -2.68. The van der Waals surface area contributed by atoms with Crippen molar-refractivity contribution >= 4 is 35.4 Å². The van der Waals surface area contributed by atoms with E-state index >= 15 is 0 Å². The number of likely N-dealkylation sites (tertiary alicyclic amines) is 1. The van der Waals surface area contributed by atoms with Crippen LogP contribution in [0.1, 0.15) is 12.8 Å². The minimum atomic E-state index is -1.06. The van der Waals surface area contributed by atoms with E-state index in [1.165, 1.54) is 29.5 Å². The van der Waals surface area contributed by atoms with Gasteiger partial charge in [0.05, 0.1) is 0 Å². The second-order valence-corrected chi connectivity index (χ2v) is 8.07. The van der Waals surface area contributed by atoms with Crippen LogP contribution in [0.4, 0.5) is 0 Å². The van der Waals surface area contributed by atoms with E-state index < -0.39 is 12.0 Å². The predicted molar refractivity (Wildman–Crippen MR) is 93.0 cm³/mol. The molecular formula is C15H21N3O3S2. The van der Waals surface area contributed by atoms with E-state index in [1.807, 2.05) is 11.5 Å². The van der Waals surface area contributed by atoms with Gasteiger partial charge in [0.2, 0.25) is 5.91 Å². The van der Waals surface area contributed by atoms with E-state index in [9.17, 15) is 14.7 Å². The Morgan fingerprint density at radius 1 is 1.57 bits per heavy atom. The Morgan fingerprint density at radius 3 is 3.00 bits per heavy atom. The molecule has 0 saturated carbocycles. The molecule has 3 atom stereocenters. The number of hydrogen-bond donors (Lipinski definition) is 2. The molecule has 3 N–H and O–H groups in total. The van der Waals surface area contributed by atoms with Gasteiger partial charge >= 0.3 is 5.97 Å². The third-order valence-corrected chi connectivity index (χ3v) is 6.80. The number of allylic oxidation sites excluding steroid dienone is 1. The number of carbonyl (C=O) groups excluding carboxylic acids is 1. The van der Waals surface area contributed by atoms with Crippen LogP contribution >= 0.6 is 23.5 Å². The summed E-state index contributed by atoms with van der Waals surface area (Å²) in [7, 11) is 2.14. The Balaban J connectivity index is 1.66. The van der Waals surface area contributed by atoms with Gasteiger partial charge in [0.15, 0.2) is 0 Å². The molecule has 3 heterocycles. The lowest BCUT2D eigenvalue weighted by Gasteiger charge is -2.47. The number of aliphatic carboxylic acids is 1. The van der Waals surface area contributed by atoms with E-state index in [0.717, 1.165) is 12.3 Å². The van der Waals surface area contributed by atoms with Gasteiger partial charge < -0.3 is 15.7 Å². The summed E-state index contributed by atoms with van der Waals surface area (Å²) in [5, 5.41) is 11.2. The number of hydrogen-bond acceptors (Lipinski definition) is 6. The number of carboxylic acid groups (broad SMARTS) is 1. The van der Waals surface area contributed by atoms with Crippen LogP contribution in [-0.2, 0) is 9.59 Å². The molecule has 0 aromatic rings. The van der Waals surface area contributed by atoms with Crippen molar-refractivity contribution < 1.29 is 14.7 Å². The first-order valence-electron chi connectivity index (χ1n) is 7.66. The number of carbonyl (C=O) groups is 2. The monoisotopic (exact) mass is 355 g/mol. The molecule has 3 aliphatic heterocycles. The van der Waals surface area contributed by atoms with Gasteiger partial charge in [-0.15, -0.1) is 23.5 Å². The van der Waals surface area contributed by atoms with E-state index in [1.54, 1.807) is 11.8 Å². The quantitative estimate of drug-likeness (QED) is 0.709. The summed E-state index contributed by atoms with van der Waals surface area (Å²) in [5.74, 6) is 0.220. The summed E-state index contributed by atoms with van der Waals surface area (Å²) in [5.41, 5.74) is 6.51. The molecule has 0 bridgehead atoms. The van der Waals surface area contributed by atoms with Crippen molar-refractivity contribution in [1.82, 2.24) is 9.80 Å². The zero-order valence-corrected chi connectivity index (χ0v) is 14.6. The van der Waals surface area contributed by atoms with Gasteiger partial charge in [0.1, 0.15) is 17.1 Å². The third kappa shape index (κ3) is 3.17. The average molecular weight is 355 g/mol. The first-order valence-corrected chi connectivity index (χ1v) is 9.75. The number of amides is 1. The molecule has 6 nitrogen and oxygen atoms in total. The largest absolute Gasteiger partial charge is 0.477 e. The number of thioether (sulfide) groups is 2. The maximum absolute atomic E-state index is 11.9. The zero-order valence-electron chi connectivity index (χ0n) is 13.0. The van der Waals surface area contributed by atoms with Crippen molar-refractivity contribution in [3.05, 3.63) is 22.8 Å². The summed E-state index contributed by atoms with van der Waals surface area (Å²) in [6.07, 6.45) is 4.30. The van der Waals surface area contributed by atoms with Gasteiger partial charge in [-0.1, -0.05) is 0 Å². The predicted octanol–water partition coefficient (Wildman–Crippen LogP) is 0.909. The van der Waals surface area contributed by atoms with Crippen LogP contribution in [0.15, 0.2) is 22.8 Å². The van der Waals surface area contributed by atoms with Crippen LogP contribution in [0.3, 0.4) is 0 Å². The molecule has 3 aliphatic rings. The molecule has 126 valence electrons. The van der Waals surface area contributed by atoms with E-state index in [2.05, 4.69) is 11.9 Å². The van der Waals surface area contributed by atoms with Crippen LogP contribution in [0.5, 0.6) is 0 Å². The summed E-state index contributed by atoms with van der Waals surface area (Å²) < 4.78 is 0. The minimum absolute atomic E-state index is 0.0929. The minimum Gasteiger partial charge on any atom is -0.477 e. The highest BCUT2D eigenvalue weighted by atomic mass is 32.2. The molecule has 0 aromatic carbocycles. The van der Waals surface area contributed by atoms with Crippen molar-refractivity contribution in [2.75, 3.05) is 25.1 Å². The van der Waals surface area contributed by atoms with Crippen molar-refractivity contribution in [2.24, 2.45) is 5.73 Å². The van der Waals surface area contributed by atoms with E-state index in [0.29, 0.717) is 17.4 Å². The van der Waals surface area contributed by atoms with Gasteiger partial charge in [-0.3, -0.25) is 9.69 Å². The molecule has 0 unspecified atom stereocenters. The van der Waals surface area contributed by atoms with Gasteiger partial charge in [0, 0.05) is 17.5 Å². The lowest BCUT2D eigenvalue weighted by molar-refractivity contribution is -0.147. The first kappa shape index (κ1) is 16.9. The van der Waals surface area contributed by atoms with E-state index in [-0.39, 0.29) is 17.0 Å². The molecule has 2 saturated heterocycles. The van der Waals surface area contributed by atoms with Crippen LogP contribution in [-0.4, -0.2) is 69.3 Å². The number of nitrogens with two attached hydrogens (primary N) is 1. The summed E-state index contributed by atoms with van der Waals surface area (Å²) >= 11 is 3.22. The Morgan fingerprint density at radius 2 is 2.35 bits per heavy atom. The zero-order chi connectivity index (χ0) is 16.6. The average Bonchev–Trinajstić information content (AvgIpc) is 2.95. The fraction of sp³-hybridized carbons (Fsp3) is 0.600. The molecule has 1 amide bonds. The standard InChI is InChI=1S/C15H21N3O3S2/c1-17-5-2-3-10(17)8-22-6-4-9-7-23-14-11(16)13(19)18(14)12(9)15(20)21/h4,6,10-11,14H,2-3,5,7-8,16H2,1H3,(H,20,21)/b6-4+/t10-,11+,14+/m0/s1. The first-order chi connectivity index (χ1) is 11.0. The Kier molecular flexibility index (Phi) is 5.05. The summed E-state index contributed by atoms with van der Waals surface area (Å²) in [4.78, 5) is 27.1. The molecular weight excluding hydrogens is 334 g/mol. The molecule has 8 heteroatoms. The fourth-order valence-corrected chi connectivity index (χ4v) is 5.43. The highest BCUT2D eigenvalue weighted by molar-refractivity contribution is 8.02. The fourth-order valence-electron chi connectivity index (χ4n) is 3.15. The molecule has 23 heavy (non-hydrogen) atoms. The number of rotatable bonds is 5. The van der Waals surface area contributed by atoms with Crippen molar-refractivity contribution in [3.8, 4) is 0 Å². The molecule has 0 aromatic heterocycles. The van der Waals surface area contributed by atoms with Crippen molar-refractivity contribution in [2.45, 2.75) is 30.3 Å². The maximum atomic E-state index is 11.9. The molecule has 2 fully saturated rings. The van der Waals surface area contributed by atoms with Crippen LogP contribution in [0, 0.1) is 0 Å². The molecule has 3 rings (SSSR count). The summed E-state index contributed by atoms with van der Waals surface area (Å²) in [6, 6.07) is 0.0183. The number of carboxylic acids is 1. The third-order valence-electron chi connectivity index (χ3n) is 4.57. The van der Waals surface area contributed by atoms with Gasteiger partial charge in [-0.25, -0.2) is 4.79 Å². The molecule has 0 radical (unpaired) electrons. The molecule has 0 aliphatic carbocycles. The lowest BCUT2D eigenvalue weighted by atomic mass is 10.0. The van der Waals surface area contributed by atoms with Crippen LogP contribution in [0.2, 0.25) is 0 Å². The van der Waals surface area contributed by atoms with Gasteiger partial charge in [0.25, 0.3) is 0 Å². The smallest absolute Gasteiger partial charge is 0.352 e. The second kappa shape index (κ2) is 6.88. The number of nitrogens with zero attached hydrogens (tertiary/aromatic N) is 2. The number of fused-ring (bicyclic) bond motifs is 1. The van der Waals surface area contributed by atoms with Crippen LogP contribution in [0.25, 0.3) is 0 Å². The van der Waals surface area contributed by atoms with Crippen LogP contribution < -0.4 is 5.73 Å². The Hall–Kier alpha value is -0.960. The topological polar surface area (TPSA) is 86.9 Å². The van der Waals surface area contributed by atoms with Gasteiger partial charge in [-0.05, 0) is 43.5 Å². The van der Waals surface area contributed by atoms with Crippen molar-refractivity contribution in [1.29, 1.82) is 0 Å². The van der Waals surface area contributed by atoms with E-state index in [4.69, 9.17) is 5.73 Å².